The van der Waals surface area contributed by atoms with Crippen LogP contribution in [0.15, 0.2) is 34.1 Å². The van der Waals surface area contributed by atoms with E-state index in [2.05, 4.69) is 23.3 Å². The summed E-state index contributed by atoms with van der Waals surface area (Å²) in [6.07, 6.45) is 0. The van der Waals surface area contributed by atoms with Crippen LogP contribution in [0.1, 0.15) is 26.3 Å². The van der Waals surface area contributed by atoms with E-state index in [4.69, 9.17) is 0 Å². The highest BCUT2D eigenvalue weighted by atomic mass is 16.1. The van der Waals surface area contributed by atoms with Gasteiger partial charge < -0.3 is 9.88 Å². The van der Waals surface area contributed by atoms with E-state index < -0.39 is 0 Å². The van der Waals surface area contributed by atoms with Gasteiger partial charge in [0, 0.05) is 23.7 Å². The maximum Gasteiger partial charge on any atom is 0.262 e. The summed E-state index contributed by atoms with van der Waals surface area (Å²) in [7, 11) is 0. The molecule has 4 nitrogen and oxygen atoms in total. The molecule has 0 amide bonds. The number of hydrogen-bond donors (Lipinski definition) is 1. The Labute approximate surface area is 118 Å². The van der Waals surface area contributed by atoms with E-state index in [1.165, 1.54) is 0 Å². The summed E-state index contributed by atoms with van der Waals surface area (Å²) in [5.41, 5.74) is 3.50. The summed E-state index contributed by atoms with van der Waals surface area (Å²) >= 11 is 0. The Bertz CT molecular complexity index is 758. The first kappa shape index (κ1) is 12.9. The third-order valence-corrected chi connectivity index (χ3v) is 3.84. The van der Waals surface area contributed by atoms with Gasteiger partial charge in [0.05, 0.1) is 23.3 Å². The van der Waals surface area contributed by atoms with Crippen molar-refractivity contribution in [2.75, 3.05) is 11.9 Å². The van der Waals surface area contributed by atoms with Crippen molar-refractivity contribution in [3.63, 3.8) is 0 Å². The van der Waals surface area contributed by atoms with Gasteiger partial charge in [-0.3, -0.25) is 9.79 Å². The molecule has 0 aliphatic carbocycles. The quantitative estimate of drug-likeness (QED) is 0.865. The number of aliphatic imine (C=N–C) groups is 1. The van der Waals surface area contributed by atoms with E-state index in [0.717, 1.165) is 27.9 Å². The highest BCUT2D eigenvalue weighted by molar-refractivity contribution is 6.10. The van der Waals surface area contributed by atoms with Crippen LogP contribution in [0.5, 0.6) is 0 Å². The van der Waals surface area contributed by atoms with Crippen LogP contribution >= 0.6 is 0 Å². The minimum Gasteiger partial charge on any atom is -0.379 e. The maximum absolute atomic E-state index is 12.8. The first-order valence-corrected chi connectivity index (χ1v) is 7.07. The van der Waals surface area contributed by atoms with Crippen LogP contribution in [0.25, 0.3) is 10.9 Å². The van der Waals surface area contributed by atoms with Gasteiger partial charge in [0.2, 0.25) is 0 Å². The fourth-order valence-corrected chi connectivity index (χ4v) is 2.85. The molecule has 0 unspecified atom stereocenters. The first-order valence-electron chi connectivity index (χ1n) is 7.07. The molecule has 1 N–H and O–H groups in total. The Balaban J connectivity index is 2.49. The Morgan fingerprint density at radius 1 is 1.40 bits per heavy atom. The molecule has 4 heteroatoms. The largest absolute Gasteiger partial charge is 0.379 e. The molecule has 1 aliphatic heterocycles. The molecule has 0 bridgehead atoms. The predicted octanol–water partition coefficient (Wildman–Crippen LogP) is 2.64. The number of hydrogen-bond acceptors (Lipinski definition) is 3. The lowest BCUT2D eigenvalue weighted by atomic mass is 10.0. The molecule has 2 aromatic rings. The van der Waals surface area contributed by atoms with Crippen LogP contribution < -0.4 is 10.9 Å². The zero-order chi connectivity index (χ0) is 14.3. The molecule has 20 heavy (non-hydrogen) atoms. The van der Waals surface area contributed by atoms with E-state index in [0.29, 0.717) is 13.1 Å². The predicted molar refractivity (Wildman–Crippen MR) is 84.0 cm³/mol. The van der Waals surface area contributed by atoms with E-state index >= 15 is 0 Å². The van der Waals surface area contributed by atoms with Crippen molar-refractivity contribution in [3.05, 3.63) is 40.2 Å². The van der Waals surface area contributed by atoms with Crippen molar-refractivity contribution < 1.29 is 0 Å². The zero-order valence-electron chi connectivity index (χ0n) is 12.1. The van der Waals surface area contributed by atoms with E-state index in [1.807, 2.05) is 36.6 Å². The maximum atomic E-state index is 12.8. The number of para-hydroxylation sites is 1. The molecule has 0 radical (unpaired) electrons. The van der Waals surface area contributed by atoms with E-state index in [1.54, 1.807) is 0 Å². The number of benzene rings is 1. The number of pyridine rings is 1. The summed E-state index contributed by atoms with van der Waals surface area (Å²) in [6.45, 7) is 7.37. The summed E-state index contributed by atoms with van der Waals surface area (Å²) in [4.78, 5) is 17.3. The van der Waals surface area contributed by atoms with E-state index in [-0.39, 0.29) is 11.6 Å². The van der Waals surface area contributed by atoms with Gasteiger partial charge in [-0.1, -0.05) is 18.2 Å². The molecule has 0 fully saturated rings. The lowest BCUT2D eigenvalue weighted by molar-refractivity contribution is 0.758. The molecule has 3 rings (SSSR count). The first-order chi connectivity index (χ1) is 9.63. The summed E-state index contributed by atoms with van der Waals surface area (Å²) in [5, 5.41) is 4.55. The number of nitrogens with one attached hydrogen (secondary N) is 1. The highest BCUT2D eigenvalue weighted by Crippen LogP contribution is 2.27. The standard InChI is InChI=1S/C16H19N3O/c1-4-19-13-8-6-5-7-12(13)15-14(16(19)20)11(3)17-9-10(2)18-15/h5-8,10,18H,4,9H2,1-3H3/t10-/m0/s1. The SMILES string of the molecule is CCn1c(=O)c2c(c3ccccc31)N[C@@H](C)CN=C2C. The number of nitrogens with zero attached hydrogens (tertiary/aromatic N) is 2. The molecule has 1 aromatic carbocycles. The fraction of sp³-hybridized carbons (Fsp3) is 0.375. The molecule has 0 spiro atoms. The van der Waals surface area contributed by atoms with Gasteiger partial charge in [-0.25, -0.2) is 0 Å². The Kier molecular flexibility index (Phi) is 3.08. The van der Waals surface area contributed by atoms with Crippen molar-refractivity contribution in [2.24, 2.45) is 4.99 Å². The third kappa shape index (κ3) is 1.83. The topological polar surface area (TPSA) is 46.4 Å². The minimum atomic E-state index is 0.0454. The van der Waals surface area contributed by atoms with Crippen molar-refractivity contribution in [2.45, 2.75) is 33.4 Å². The Hall–Kier alpha value is -2.10. The van der Waals surface area contributed by atoms with E-state index in [9.17, 15) is 4.79 Å². The number of aryl methyl sites for hydroxylation is 1. The van der Waals surface area contributed by atoms with Crippen LogP contribution in [0, 0.1) is 0 Å². The van der Waals surface area contributed by atoms with Gasteiger partial charge in [-0.05, 0) is 26.8 Å². The van der Waals surface area contributed by atoms with Gasteiger partial charge in [0.25, 0.3) is 5.56 Å². The Morgan fingerprint density at radius 2 is 2.15 bits per heavy atom. The van der Waals surface area contributed by atoms with Crippen LogP contribution in [0.4, 0.5) is 5.69 Å². The number of aromatic nitrogens is 1. The lowest BCUT2D eigenvalue weighted by Crippen LogP contribution is -2.28. The van der Waals surface area contributed by atoms with Crippen LogP contribution in [0.3, 0.4) is 0 Å². The second-order valence-electron chi connectivity index (χ2n) is 5.29. The second kappa shape index (κ2) is 4.78. The van der Waals surface area contributed by atoms with Crippen LogP contribution in [-0.4, -0.2) is 22.9 Å². The molecule has 1 aromatic heterocycles. The van der Waals surface area contributed by atoms with Crippen molar-refractivity contribution in [1.29, 1.82) is 0 Å². The smallest absolute Gasteiger partial charge is 0.262 e. The number of rotatable bonds is 1. The van der Waals surface area contributed by atoms with Crippen molar-refractivity contribution >= 4 is 22.3 Å². The fourth-order valence-electron chi connectivity index (χ4n) is 2.85. The molecule has 1 aliphatic rings. The van der Waals surface area contributed by atoms with Crippen LogP contribution in [-0.2, 0) is 6.54 Å². The molecule has 0 saturated heterocycles. The average molecular weight is 269 g/mol. The molecular formula is C16H19N3O. The number of fused-ring (bicyclic) bond motifs is 3. The van der Waals surface area contributed by atoms with Gasteiger partial charge in [0.15, 0.2) is 0 Å². The summed E-state index contributed by atoms with van der Waals surface area (Å²) in [6, 6.07) is 8.28. The van der Waals surface area contributed by atoms with Gasteiger partial charge in [-0.2, -0.15) is 0 Å². The summed E-state index contributed by atoms with van der Waals surface area (Å²) in [5.74, 6) is 0. The molecule has 2 heterocycles. The van der Waals surface area contributed by atoms with Gasteiger partial charge in [0.1, 0.15) is 0 Å². The van der Waals surface area contributed by atoms with Crippen molar-refractivity contribution in [3.8, 4) is 0 Å². The minimum absolute atomic E-state index is 0.0454. The lowest BCUT2D eigenvalue weighted by Gasteiger charge is -2.18. The highest BCUT2D eigenvalue weighted by Gasteiger charge is 2.21. The molecule has 0 saturated carbocycles. The normalized spacial score (nSPS) is 18.1. The molecule has 1 atom stereocenters. The molecule has 104 valence electrons. The second-order valence-corrected chi connectivity index (χ2v) is 5.29. The van der Waals surface area contributed by atoms with Crippen molar-refractivity contribution in [1.82, 2.24) is 4.57 Å². The summed E-state index contributed by atoms with van der Waals surface area (Å²) < 4.78 is 1.82. The zero-order valence-corrected chi connectivity index (χ0v) is 12.1. The monoisotopic (exact) mass is 269 g/mol. The van der Waals surface area contributed by atoms with Gasteiger partial charge in [-0.15, -0.1) is 0 Å². The molecular weight excluding hydrogens is 250 g/mol. The third-order valence-electron chi connectivity index (χ3n) is 3.84. The number of anilines is 1. The van der Waals surface area contributed by atoms with Gasteiger partial charge >= 0.3 is 0 Å². The Morgan fingerprint density at radius 3 is 2.90 bits per heavy atom. The average Bonchev–Trinajstić information content (AvgIpc) is 2.59. The van der Waals surface area contributed by atoms with Crippen LogP contribution in [0.2, 0.25) is 0 Å².